The third-order valence-electron chi connectivity index (χ3n) is 4.97. The minimum Gasteiger partial charge on any atom is -0.491 e. The molecule has 0 fully saturated rings. The third kappa shape index (κ3) is 4.86. The van der Waals surface area contributed by atoms with Crippen LogP contribution in [0, 0.1) is 13.8 Å². The molecule has 5 heteroatoms. The fourth-order valence-electron chi connectivity index (χ4n) is 3.03. The number of nitrogens with one attached hydrogen (secondary N) is 1. The molecule has 3 aromatic rings. The first-order valence-corrected chi connectivity index (χ1v) is 10.1. The summed E-state index contributed by atoms with van der Waals surface area (Å²) in [5.41, 5.74) is 3.60. The Labute approximate surface area is 172 Å². The van der Waals surface area contributed by atoms with Crippen LogP contribution in [0.2, 0.25) is 0 Å². The van der Waals surface area contributed by atoms with E-state index in [2.05, 4.69) is 17.2 Å². The van der Waals surface area contributed by atoms with Crippen LogP contribution in [0.3, 0.4) is 0 Å². The van der Waals surface area contributed by atoms with Crippen molar-refractivity contribution >= 4 is 22.5 Å². The van der Waals surface area contributed by atoms with Gasteiger partial charge in [-0.05, 0) is 68.7 Å². The van der Waals surface area contributed by atoms with E-state index in [1.54, 1.807) is 13.1 Å². The van der Waals surface area contributed by atoms with Gasteiger partial charge in [0.25, 0.3) is 5.91 Å². The minimum absolute atomic E-state index is 0.212. The van der Waals surface area contributed by atoms with Crippen molar-refractivity contribution in [1.29, 1.82) is 0 Å². The normalized spacial score (nSPS) is 11.9. The number of aryl methyl sites for hydroxylation is 1. The lowest BCUT2D eigenvalue weighted by atomic mass is 10.1. The summed E-state index contributed by atoms with van der Waals surface area (Å²) >= 11 is 0. The highest BCUT2D eigenvalue weighted by molar-refractivity contribution is 6.04. The number of unbranched alkanes of at least 4 members (excludes halogenated alkanes) is 1. The van der Waals surface area contributed by atoms with E-state index in [9.17, 15) is 4.79 Å². The molecule has 0 bridgehead atoms. The lowest BCUT2D eigenvalue weighted by Gasteiger charge is -2.18. The highest BCUT2D eigenvalue weighted by Gasteiger charge is 2.18. The SMILES string of the molecule is CCCCOc1ccc(NC(=O)[C@H](C)Oc2cccc(C)c2C)c2cccnc12. The molecule has 0 spiro atoms. The fourth-order valence-corrected chi connectivity index (χ4v) is 3.03. The van der Waals surface area contributed by atoms with Crippen molar-refractivity contribution in [3.8, 4) is 11.5 Å². The molecule has 5 nitrogen and oxygen atoms in total. The van der Waals surface area contributed by atoms with E-state index < -0.39 is 6.10 Å². The van der Waals surface area contributed by atoms with Crippen LogP contribution >= 0.6 is 0 Å². The molecule has 3 rings (SSSR count). The summed E-state index contributed by atoms with van der Waals surface area (Å²) in [6.45, 7) is 8.54. The van der Waals surface area contributed by atoms with Crippen LogP contribution in [-0.4, -0.2) is 23.6 Å². The number of nitrogens with zero attached hydrogens (tertiary/aromatic N) is 1. The summed E-state index contributed by atoms with van der Waals surface area (Å²) in [6.07, 6.45) is 3.15. The van der Waals surface area contributed by atoms with Crippen molar-refractivity contribution in [3.63, 3.8) is 0 Å². The summed E-state index contributed by atoms with van der Waals surface area (Å²) < 4.78 is 11.8. The maximum Gasteiger partial charge on any atom is 0.265 e. The highest BCUT2D eigenvalue weighted by Crippen LogP contribution is 2.30. The molecular formula is C24H28N2O3. The van der Waals surface area contributed by atoms with Crippen LogP contribution in [0.5, 0.6) is 11.5 Å². The number of fused-ring (bicyclic) bond motifs is 1. The Balaban J connectivity index is 1.77. The largest absolute Gasteiger partial charge is 0.491 e. The molecule has 0 unspecified atom stereocenters. The second-order valence-corrected chi connectivity index (χ2v) is 7.16. The lowest BCUT2D eigenvalue weighted by Crippen LogP contribution is -2.30. The molecule has 1 aromatic heterocycles. The molecule has 152 valence electrons. The Morgan fingerprint density at radius 1 is 1.10 bits per heavy atom. The van der Waals surface area contributed by atoms with E-state index >= 15 is 0 Å². The number of pyridine rings is 1. The molecule has 0 aliphatic heterocycles. The summed E-state index contributed by atoms with van der Waals surface area (Å²) in [6, 6.07) is 13.3. The van der Waals surface area contributed by atoms with E-state index in [1.165, 1.54) is 0 Å². The number of aromatic nitrogens is 1. The van der Waals surface area contributed by atoms with Crippen molar-refractivity contribution < 1.29 is 14.3 Å². The molecule has 0 radical (unpaired) electrons. The highest BCUT2D eigenvalue weighted by atomic mass is 16.5. The predicted octanol–water partition coefficient (Wildman–Crippen LogP) is 5.44. The van der Waals surface area contributed by atoms with Gasteiger partial charge in [0.05, 0.1) is 12.3 Å². The van der Waals surface area contributed by atoms with Crippen LogP contribution in [0.1, 0.15) is 37.8 Å². The quantitative estimate of drug-likeness (QED) is 0.519. The van der Waals surface area contributed by atoms with Gasteiger partial charge in [-0.15, -0.1) is 0 Å². The smallest absolute Gasteiger partial charge is 0.265 e. The van der Waals surface area contributed by atoms with Crippen LogP contribution in [0.25, 0.3) is 10.9 Å². The minimum atomic E-state index is -0.636. The zero-order chi connectivity index (χ0) is 20.8. The maximum atomic E-state index is 12.8. The van der Waals surface area contributed by atoms with E-state index in [-0.39, 0.29) is 5.91 Å². The molecule has 29 heavy (non-hydrogen) atoms. The van der Waals surface area contributed by atoms with Gasteiger partial charge in [-0.1, -0.05) is 25.5 Å². The molecule has 0 aliphatic carbocycles. The zero-order valence-electron chi connectivity index (χ0n) is 17.5. The summed E-state index contributed by atoms with van der Waals surface area (Å²) in [5, 5.41) is 3.82. The van der Waals surface area contributed by atoms with Crippen molar-refractivity contribution in [2.24, 2.45) is 0 Å². The van der Waals surface area contributed by atoms with E-state index in [0.717, 1.165) is 46.4 Å². The van der Waals surface area contributed by atoms with Crippen LogP contribution < -0.4 is 14.8 Å². The molecule has 0 aliphatic rings. The molecule has 1 heterocycles. The molecule has 0 saturated heterocycles. The van der Waals surface area contributed by atoms with Gasteiger partial charge in [-0.2, -0.15) is 0 Å². The monoisotopic (exact) mass is 392 g/mol. The lowest BCUT2D eigenvalue weighted by molar-refractivity contribution is -0.122. The number of hydrogen-bond donors (Lipinski definition) is 1. The van der Waals surface area contributed by atoms with Crippen molar-refractivity contribution in [3.05, 3.63) is 59.8 Å². The first-order valence-electron chi connectivity index (χ1n) is 10.1. The van der Waals surface area contributed by atoms with Gasteiger partial charge < -0.3 is 14.8 Å². The van der Waals surface area contributed by atoms with Gasteiger partial charge in [0, 0.05) is 11.6 Å². The Bertz CT molecular complexity index is 1000. The Morgan fingerprint density at radius 2 is 1.93 bits per heavy atom. The van der Waals surface area contributed by atoms with Crippen LogP contribution in [0.15, 0.2) is 48.7 Å². The molecule has 1 N–H and O–H groups in total. The van der Waals surface area contributed by atoms with Gasteiger partial charge in [0.1, 0.15) is 17.0 Å². The predicted molar refractivity (Wildman–Crippen MR) is 117 cm³/mol. The van der Waals surface area contributed by atoms with Gasteiger partial charge in [-0.25, -0.2) is 0 Å². The average Bonchev–Trinajstić information content (AvgIpc) is 2.73. The topological polar surface area (TPSA) is 60.5 Å². The Kier molecular flexibility index (Phi) is 6.70. The van der Waals surface area contributed by atoms with Crippen molar-refractivity contribution in [2.45, 2.75) is 46.6 Å². The number of anilines is 1. The second kappa shape index (κ2) is 9.41. The standard InChI is InChI=1S/C24H28N2O3/c1-5-6-15-28-22-13-12-20(19-10-8-14-25-23(19)22)26-24(27)18(4)29-21-11-7-9-16(2)17(21)3/h7-14,18H,5-6,15H2,1-4H3,(H,26,27)/t18-/m0/s1. The number of hydrogen-bond acceptors (Lipinski definition) is 4. The maximum absolute atomic E-state index is 12.8. The first-order chi connectivity index (χ1) is 14.0. The number of rotatable bonds is 8. The van der Waals surface area contributed by atoms with E-state index in [1.807, 2.05) is 56.3 Å². The third-order valence-corrected chi connectivity index (χ3v) is 4.97. The van der Waals surface area contributed by atoms with Crippen LogP contribution in [0.4, 0.5) is 5.69 Å². The number of amides is 1. The molecule has 0 saturated carbocycles. The Morgan fingerprint density at radius 3 is 2.72 bits per heavy atom. The van der Waals surface area contributed by atoms with Gasteiger partial charge in [0.2, 0.25) is 0 Å². The number of carbonyl (C=O) groups is 1. The molecule has 2 aromatic carbocycles. The van der Waals surface area contributed by atoms with Gasteiger partial charge >= 0.3 is 0 Å². The van der Waals surface area contributed by atoms with Gasteiger partial charge in [0.15, 0.2) is 6.10 Å². The molecule has 1 atom stereocenters. The average molecular weight is 392 g/mol. The second-order valence-electron chi connectivity index (χ2n) is 7.16. The molecule has 1 amide bonds. The Hall–Kier alpha value is -3.08. The first kappa shape index (κ1) is 20.6. The number of ether oxygens (including phenoxy) is 2. The number of benzene rings is 2. The molecular weight excluding hydrogens is 364 g/mol. The summed E-state index contributed by atoms with van der Waals surface area (Å²) in [4.78, 5) is 17.2. The van der Waals surface area contributed by atoms with Crippen molar-refractivity contribution in [1.82, 2.24) is 4.98 Å². The van der Waals surface area contributed by atoms with Crippen LogP contribution in [-0.2, 0) is 4.79 Å². The van der Waals surface area contributed by atoms with Crippen molar-refractivity contribution in [2.75, 3.05) is 11.9 Å². The summed E-state index contributed by atoms with van der Waals surface area (Å²) in [5.74, 6) is 1.24. The van der Waals surface area contributed by atoms with E-state index in [0.29, 0.717) is 12.3 Å². The fraction of sp³-hybridized carbons (Fsp3) is 0.333. The zero-order valence-corrected chi connectivity index (χ0v) is 17.5. The van der Waals surface area contributed by atoms with E-state index in [4.69, 9.17) is 9.47 Å². The summed E-state index contributed by atoms with van der Waals surface area (Å²) in [7, 11) is 0. The number of carbonyl (C=O) groups excluding carboxylic acids is 1. The van der Waals surface area contributed by atoms with Gasteiger partial charge in [-0.3, -0.25) is 9.78 Å².